The van der Waals surface area contributed by atoms with Crippen LogP contribution in [0, 0.1) is 6.92 Å². The summed E-state index contributed by atoms with van der Waals surface area (Å²) in [6.45, 7) is 4.85. The standard InChI is InChI=1S/C9H19N2/c1-2-7-11-9-5-3-8(10)4-6-9/h8-9,11H,1-7,10H2. The lowest BCUT2D eigenvalue weighted by Crippen LogP contribution is -2.37. The normalized spacial score (nSPS) is 32.2. The molecule has 0 aliphatic heterocycles. The fourth-order valence-corrected chi connectivity index (χ4v) is 1.63. The van der Waals surface area contributed by atoms with Gasteiger partial charge in [-0.25, -0.2) is 0 Å². The molecule has 0 aromatic carbocycles. The Morgan fingerprint density at radius 3 is 2.45 bits per heavy atom. The molecule has 0 unspecified atom stereocenters. The number of nitrogens with two attached hydrogens (primary N) is 1. The lowest BCUT2D eigenvalue weighted by atomic mass is 9.92. The third-order valence-corrected chi connectivity index (χ3v) is 2.38. The second-order valence-corrected chi connectivity index (χ2v) is 3.42. The summed E-state index contributed by atoms with van der Waals surface area (Å²) in [4.78, 5) is 0. The molecule has 0 atom stereocenters. The quantitative estimate of drug-likeness (QED) is 0.640. The molecule has 0 amide bonds. The highest BCUT2D eigenvalue weighted by molar-refractivity contribution is 4.78. The van der Waals surface area contributed by atoms with Crippen LogP contribution < -0.4 is 11.1 Å². The predicted octanol–water partition coefficient (Wildman–Crippen LogP) is 1.07. The molecule has 0 spiro atoms. The molecule has 1 fully saturated rings. The van der Waals surface area contributed by atoms with Gasteiger partial charge < -0.3 is 11.1 Å². The molecule has 11 heavy (non-hydrogen) atoms. The molecule has 0 aromatic rings. The van der Waals surface area contributed by atoms with Gasteiger partial charge in [0.2, 0.25) is 0 Å². The van der Waals surface area contributed by atoms with E-state index in [0.29, 0.717) is 6.04 Å². The average Bonchev–Trinajstić information content (AvgIpc) is 2.04. The summed E-state index contributed by atoms with van der Waals surface area (Å²) >= 11 is 0. The summed E-state index contributed by atoms with van der Waals surface area (Å²) in [5.41, 5.74) is 5.79. The van der Waals surface area contributed by atoms with Gasteiger partial charge in [0.05, 0.1) is 0 Å². The van der Waals surface area contributed by atoms with Crippen LogP contribution in [-0.2, 0) is 0 Å². The maximum absolute atomic E-state index is 5.79. The topological polar surface area (TPSA) is 38.0 Å². The minimum absolute atomic E-state index is 0.466. The Bertz CT molecular complexity index is 93.0. The lowest BCUT2D eigenvalue weighted by Gasteiger charge is -2.26. The van der Waals surface area contributed by atoms with Crippen molar-refractivity contribution in [2.24, 2.45) is 5.73 Å². The molecule has 1 saturated carbocycles. The largest absolute Gasteiger partial charge is 0.328 e. The van der Waals surface area contributed by atoms with Crippen molar-refractivity contribution in [2.75, 3.05) is 6.54 Å². The van der Waals surface area contributed by atoms with E-state index < -0.39 is 0 Å². The van der Waals surface area contributed by atoms with Crippen molar-refractivity contribution in [1.82, 2.24) is 5.32 Å². The Hall–Kier alpha value is -0.0800. The molecular formula is C9H19N2. The van der Waals surface area contributed by atoms with Crippen molar-refractivity contribution in [1.29, 1.82) is 0 Å². The lowest BCUT2D eigenvalue weighted by molar-refractivity contribution is 0.345. The van der Waals surface area contributed by atoms with Crippen LogP contribution in [0.25, 0.3) is 0 Å². The maximum Gasteiger partial charge on any atom is 0.00682 e. The minimum atomic E-state index is 0.466. The van der Waals surface area contributed by atoms with Crippen LogP contribution >= 0.6 is 0 Å². The van der Waals surface area contributed by atoms with Gasteiger partial charge in [-0.3, -0.25) is 0 Å². The molecular weight excluding hydrogens is 136 g/mol. The SMILES string of the molecule is [CH2]CCNC1CCC(N)CC1. The fourth-order valence-electron chi connectivity index (χ4n) is 1.63. The maximum atomic E-state index is 5.79. The average molecular weight is 155 g/mol. The zero-order chi connectivity index (χ0) is 8.10. The first-order chi connectivity index (χ1) is 5.33. The van der Waals surface area contributed by atoms with Gasteiger partial charge >= 0.3 is 0 Å². The van der Waals surface area contributed by atoms with E-state index in [2.05, 4.69) is 12.2 Å². The van der Waals surface area contributed by atoms with Crippen LogP contribution in [0.4, 0.5) is 0 Å². The van der Waals surface area contributed by atoms with Gasteiger partial charge in [-0.1, -0.05) is 6.92 Å². The molecule has 0 bridgehead atoms. The molecule has 0 heterocycles. The van der Waals surface area contributed by atoms with Crippen LogP contribution in [0.3, 0.4) is 0 Å². The Labute approximate surface area is 69.5 Å². The molecule has 1 radical (unpaired) electrons. The third-order valence-electron chi connectivity index (χ3n) is 2.38. The second kappa shape index (κ2) is 4.73. The first-order valence-electron chi connectivity index (χ1n) is 4.61. The van der Waals surface area contributed by atoms with Gasteiger partial charge in [-0.2, -0.15) is 0 Å². The summed E-state index contributed by atoms with van der Waals surface area (Å²) < 4.78 is 0. The van der Waals surface area contributed by atoms with Gasteiger partial charge in [0.1, 0.15) is 0 Å². The van der Waals surface area contributed by atoms with Crippen molar-refractivity contribution >= 4 is 0 Å². The Morgan fingerprint density at radius 2 is 1.91 bits per heavy atom. The third kappa shape index (κ3) is 3.21. The molecule has 1 rings (SSSR count). The smallest absolute Gasteiger partial charge is 0.00682 e. The van der Waals surface area contributed by atoms with Crippen LogP contribution in [0.5, 0.6) is 0 Å². The van der Waals surface area contributed by atoms with Crippen molar-refractivity contribution in [2.45, 2.75) is 44.2 Å². The van der Waals surface area contributed by atoms with E-state index in [-0.39, 0.29) is 0 Å². The molecule has 1 aliphatic rings. The van der Waals surface area contributed by atoms with Gasteiger partial charge in [0.25, 0.3) is 0 Å². The van der Waals surface area contributed by atoms with Crippen molar-refractivity contribution in [3.05, 3.63) is 6.92 Å². The van der Waals surface area contributed by atoms with Crippen LogP contribution in [0.2, 0.25) is 0 Å². The highest BCUT2D eigenvalue weighted by Gasteiger charge is 2.16. The van der Waals surface area contributed by atoms with Gasteiger partial charge in [-0.05, 0) is 38.6 Å². The minimum Gasteiger partial charge on any atom is -0.328 e. The molecule has 65 valence electrons. The van der Waals surface area contributed by atoms with Crippen LogP contribution in [0.1, 0.15) is 32.1 Å². The van der Waals surface area contributed by atoms with Crippen LogP contribution in [-0.4, -0.2) is 18.6 Å². The molecule has 2 nitrogen and oxygen atoms in total. The Balaban J connectivity index is 2.07. The summed E-state index contributed by atoms with van der Waals surface area (Å²) in [6.07, 6.45) is 5.87. The summed E-state index contributed by atoms with van der Waals surface area (Å²) in [6, 6.07) is 1.18. The molecule has 3 N–H and O–H groups in total. The second-order valence-electron chi connectivity index (χ2n) is 3.42. The van der Waals surface area contributed by atoms with Gasteiger partial charge in [0, 0.05) is 12.1 Å². The summed E-state index contributed by atoms with van der Waals surface area (Å²) in [5, 5.41) is 3.47. The van der Waals surface area contributed by atoms with E-state index in [0.717, 1.165) is 19.0 Å². The molecule has 2 heteroatoms. The highest BCUT2D eigenvalue weighted by Crippen LogP contribution is 2.16. The predicted molar refractivity (Wildman–Crippen MR) is 48.2 cm³/mol. The van der Waals surface area contributed by atoms with E-state index in [1.54, 1.807) is 0 Å². The number of rotatable bonds is 3. The Morgan fingerprint density at radius 1 is 1.27 bits per heavy atom. The zero-order valence-corrected chi connectivity index (χ0v) is 7.18. The molecule has 0 aromatic heterocycles. The Kier molecular flexibility index (Phi) is 3.87. The number of nitrogens with one attached hydrogen (secondary N) is 1. The molecule has 1 aliphatic carbocycles. The number of hydrogen-bond acceptors (Lipinski definition) is 2. The first-order valence-corrected chi connectivity index (χ1v) is 4.61. The zero-order valence-electron chi connectivity index (χ0n) is 7.18. The van der Waals surface area contributed by atoms with Crippen molar-refractivity contribution in [3.63, 3.8) is 0 Å². The summed E-state index contributed by atoms with van der Waals surface area (Å²) in [5.74, 6) is 0. The fraction of sp³-hybridized carbons (Fsp3) is 0.889. The highest BCUT2D eigenvalue weighted by atomic mass is 14.9. The monoisotopic (exact) mass is 155 g/mol. The summed E-state index contributed by atoms with van der Waals surface area (Å²) in [7, 11) is 0. The van der Waals surface area contributed by atoms with E-state index >= 15 is 0 Å². The van der Waals surface area contributed by atoms with Crippen LogP contribution in [0.15, 0.2) is 0 Å². The van der Waals surface area contributed by atoms with E-state index in [1.807, 2.05) is 0 Å². The molecule has 0 saturated heterocycles. The van der Waals surface area contributed by atoms with Crippen molar-refractivity contribution in [3.8, 4) is 0 Å². The van der Waals surface area contributed by atoms with Gasteiger partial charge in [-0.15, -0.1) is 0 Å². The van der Waals surface area contributed by atoms with E-state index in [9.17, 15) is 0 Å². The van der Waals surface area contributed by atoms with Gasteiger partial charge in [0.15, 0.2) is 0 Å². The van der Waals surface area contributed by atoms with E-state index in [4.69, 9.17) is 5.73 Å². The van der Waals surface area contributed by atoms with E-state index in [1.165, 1.54) is 25.7 Å². The number of hydrogen-bond donors (Lipinski definition) is 2. The first kappa shape index (κ1) is 9.01. The van der Waals surface area contributed by atoms with Crippen molar-refractivity contribution < 1.29 is 0 Å².